The van der Waals surface area contributed by atoms with Crippen LogP contribution in [0.1, 0.15) is 25.0 Å². The van der Waals surface area contributed by atoms with Gasteiger partial charge in [0, 0.05) is 13.1 Å². The summed E-state index contributed by atoms with van der Waals surface area (Å²) in [7, 11) is -3.43. The fourth-order valence-electron chi connectivity index (χ4n) is 1.46. The highest BCUT2D eigenvalue weighted by Gasteiger charge is 2.09. The summed E-state index contributed by atoms with van der Waals surface area (Å²) in [5.74, 6) is -0.0505. The molecule has 0 saturated heterocycles. The highest BCUT2D eigenvalue weighted by molar-refractivity contribution is 7.89. The molecule has 0 heterocycles. The van der Waals surface area contributed by atoms with Gasteiger partial charge >= 0.3 is 0 Å². The highest BCUT2D eigenvalue weighted by Crippen LogP contribution is 2.08. The molecule has 18 heavy (non-hydrogen) atoms. The molecule has 0 aliphatic heterocycles. The Bertz CT molecular complexity index is 488. The standard InChI is InChI=1S/C13H20N2O2S/c1-4-15(5-2)11-14-18(16,17)10-13-8-6-12(3)7-9-13/h6-9,11H,4-5,10H2,1-3H3/b14-11+. The lowest BCUT2D eigenvalue weighted by Gasteiger charge is -2.13. The third-order valence-electron chi connectivity index (χ3n) is 2.65. The summed E-state index contributed by atoms with van der Waals surface area (Å²) in [6.45, 7) is 7.39. The van der Waals surface area contributed by atoms with Crippen LogP contribution in [0.2, 0.25) is 0 Å². The first-order valence-electron chi connectivity index (χ1n) is 6.04. The zero-order chi connectivity index (χ0) is 13.6. The topological polar surface area (TPSA) is 49.7 Å². The Balaban J connectivity index is 2.73. The first-order valence-corrected chi connectivity index (χ1v) is 7.65. The van der Waals surface area contributed by atoms with Crippen molar-refractivity contribution in [2.45, 2.75) is 26.5 Å². The van der Waals surface area contributed by atoms with Gasteiger partial charge in [-0.2, -0.15) is 4.40 Å². The number of sulfonamides is 1. The second-order valence-corrected chi connectivity index (χ2v) is 5.82. The summed E-state index contributed by atoms with van der Waals surface area (Å²) < 4.78 is 27.3. The SMILES string of the molecule is CCN(/C=N/S(=O)(=O)Cc1ccc(C)cc1)CC. The van der Waals surface area contributed by atoms with Gasteiger partial charge in [0.25, 0.3) is 10.0 Å². The van der Waals surface area contributed by atoms with Crippen molar-refractivity contribution in [1.82, 2.24) is 4.90 Å². The third-order valence-corrected chi connectivity index (χ3v) is 3.77. The molecule has 1 aromatic carbocycles. The summed E-state index contributed by atoms with van der Waals surface area (Å²) >= 11 is 0. The maximum atomic E-state index is 11.8. The number of hydrogen-bond acceptors (Lipinski definition) is 2. The Kier molecular flexibility index (Phi) is 5.34. The third kappa shape index (κ3) is 4.87. The molecule has 0 amide bonds. The van der Waals surface area contributed by atoms with Crippen LogP contribution >= 0.6 is 0 Å². The maximum Gasteiger partial charge on any atom is 0.258 e. The zero-order valence-corrected chi connectivity index (χ0v) is 11.9. The lowest BCUT2D eigenvalue weighted by atomic mass is 10.2. The predicted molar refractivity (Wildman–Crippen MR) is 75.2 cm³/mol. The van der Waals surface area contributed by atoms with Crippen LogP contribution in [0.3, 0.4) is 0 Å². The minimum atomic E-state index is -3.43. The molecule has 1 aromatic rings. The van der Waals surface area contributed by atoms with Gasteiger partial charge in [-0.05, 0) is 26.3 Å². The average molecular weight is 268 g/mol. The van der Waals surface area contributed by atoms with E-state index in [1.165, 1.54) is 6.34 Å². The van der Waals surface area contributed by atoms with Crippen molar-refractivity contribution in [3.63, 3.8) is 0 Å². The lowest BCUT2D eigenvalue weighted by Crippen LogP contribution is -2.21. The van der Waals surface area contributed by atoms with Crippen molar-refractivity contribution in [2.24, 2.45) is 4.40 Å². The zero-order valence-electron chi connectivity index (χ0n) is 11.1. The van der Waals surface area contributed by atoms with Gasteiger partial charge in [0.15, 0.2) is 0 Å². The molecular formula is C13H20N2O2S. The average Bonchev–Trinajstić information content (AvgIpc) is 2.33. The molecule has 0 radical (unpaired) electrons. The van der Waals surface area contributed by atoms with Gasteiger partial charge in [0.05, 0.1) is 5.75 Å². The first-order chi connectivity index (χ1) is 8.46. The Morgan fingerprint density at radius 1 is 1.17 bits per heavy atom. The molecule has 0 saturated carbocycles. The van der Waals surface area contributed by atoms with Crippen molar-refractivity contribution in [3.05, 3.63) is 35.4 Å². The summed E-state index contributed by atoms with van der Waals surface area (Å²) in [5, 5.41) is 0. The molecule has 0 aliphatic rings. The molecule has 1 rings (SSSR count). The molecule has 0 aromatic heterocycles. The Hall–Kier alpha value is -1.36. The largest absolute Gasteiger partial charge is 0.362 e. The van der Waals surface area contributed by atoms with Crippen molar-refractivity contribution in [1.29, 1.82) is 0 Å². The number of rotatable bonds is 6. The fraction of sp³-hybridized carbons (Fsp3) is 0.462. The molecule has 0 spiro atoms. The Morgan fingerprint density at radius 3 is 2.22 bits per heavy atom. The molecule has 100 valence electrons. The summed E-state index contributed by atoms with van der Waals surface area (Å²) in [6, 6.07) is 7.44. The van der Waals surface area contributed by atoms with Crippen LogP contribution in [-0.4, -0.2) is 32.7 Å². The quantitative estimate of drug-likeness (QED) is 0.587. The lowest BCUT2D eigenvalue weighted by molar-refractivity contribution is 0.480. The molecule has 0 fully saturated rings. The van der Waals surface area contributed by atoms with Gasteiger partial charge in [0.2, 0.25) is 0 Å². The summed E-state index contributed by atoms with van der Waals surface area (Å²) in [4.78, 5) is 1.84. The highest BCUT2D eigenvalue weighted by atomic mass is 32.2. The minimum absolute atomic E-state index is 0.0505. The molecule has 0 N–H and O–H groups in total. The van der Waals surface area contributed by atoms with E-state index in [-0.39, 0.29) is 5.75 Å². The molecule has 0 aliphatic carbocycles. The Labute approximate surface area is 109 Å². The van der Waals surface area contributed by atoms with E-state index in [0.29, 0.717) is 0 Å². The van der Waals surface area contributed by atoms with E-state index < -0.39 is 10.0 Å². The van der Waals surface area contributed by atoms with E-state index >= 15 is 0 Å². The Morgan fingerprint density at radius 2 is 1.72 bits per heavy atom. The van der Waals surface area contributed by atoms with E-state index in [9.17, 15) is 8.42 Å². The summed E-state index contributed by atoms with van der Waals surface area (Å²) in [6.07, 6.45) is 1.41. The molecule has 0 bridgehead atoms. The maximum absolute atomic E-state index is 11.8. The van der Waals surface area contributed by atoms with Crippen molar-refractivity contribution in [2.75, 3.05) is 13.1 Å². The number of aryl methyl sites for hydroxylation is 1. The van der Waals surface area contributed by atoms with E-state index in [1.807, 2.05) is 49.9 Å². The van der Waals surface area contributed by atoms with Crippen LogP contribution in [0.15, 0.2) is 28.7 Å². The van der Waals surface area contributed by atoms with Gasteiger partial charge in [-0.3, -0.25) is 0 Å². The van der Waals surface area contributed by atoms with Crippen LogP contribution < -0.4 is 0 Å². The summed E-state index contributed by atoms with van der Waals surface area (Å²) in [5.41, 5.74) is 1.88. The molecule has 5 heteroatoms. The van der Waals surface area contributed by atoms with Crippen LogP contribution in [-0.2, 0) is 15.8 Å². The van der Waals surface area contributed by atoms with Crippen molar-refractivity contribution in [3.8, 4) is 0 Å². The molecular weight excluding hydrogens is 248 g/mol. The molecule has 0 atom stereocenters. The van der Waals surface area contributed by atoms with E-state index in [0.717, 1.165) is 24.2 Å². The van der Waals surface area contributed by atoms with Gasteiger partial charge in [0.1, 0.15) is 6.34 Å². The van der Waals surface area contributed by atoms with Crippen LogP contribution in [0.4, 0.5) is 0 Å². The smallest absolute Gasteiger partial charge is 0.258 e. The van der Waals surface area contributed by atoms with Crippen LogP contribution in [0, 0.1) is 6.92 Å². The van der Waals surface area contributed by atoms with Crippen molar-refractivity contribution >= 4 is 16.4 Å². The molecule has 4 nitrogen and oxygen atoms in total. The monoisotopic (exact) mass is 268 g/mol. The number of nitrogens with zero attached hydrogens (tertiary/aromatic N) is 2. The van der Waals surface area contributed by atoms with E-state index in [4.69, 9.17) is 0 Å². The number of hydrogen-bond donors (Lipinski definition) is 0. The van der Waals surface area contributed by atoms with Gasteiger partial charge in [-0.15, -0.1) is 0 Å². The second kappa shape index (κ2) is 6.54. The first kappa shape index (κ1) is 14.7. The van der Waals surface area contributed by atoms with Crippen LogP contribution in [0.5, 0.6) is 0 Å². The van der Waals surface area contributed by atoms with E-state index in [1.54, 1.807) is 0 Å². The number of benzene rings is 1. The minimum Gasteiger partial charge on any atom is -0.362 e. The fourth-order valence-corrected chi connectivity index (χ4v) is 2.42. The van der Waals surface area contributed by atoms with Crippen molar-refractivity contribution < 1.29 is 8.42 Å². The van der Waals surface area contributed by atoms with Crippen LogP contribution in [0.25, 0.3) is 0 Å². The second-order valence-electron chi connectivity index (χ2n) is 4.15. The van der Waals surface area contributed by atoms with Gasteiger partial charge in [-0.1, -0.05) is 29.8 Å². The molecule has 0 unspecified atom stereocenters. The predicted octanol–water partition coefficient (Wildman–Crippen LogP) is 2.19. The normalized spacial score (nSPS) is 11.9. The van der Waals surface area contributed by atoms with E-state index in [2.05, 4.69) is 4.40 Å². The van der Waals surface area contributed by atoms with Gasteiger partial charge in [-0.25, -0.2) is 8.42 Å². The van der Waals surface area contributed by atoms with Gasteiger partial charge < -0.3 is 4.90 Å².